The van der Waals surface area contributed by atoms with Gasteiger partial charge in [-0.3, -0.25) is 4.79 Å². The number of nitrogens with one attached hydrogen (secondary N) is 1. The van der Waals surface area contributed by atoms with E-state index in [2.05, 4.69) is 17.2 Å². The molecule has 4 nitrogen and oxygen atoms in total. The van der Waals surface area contributed by atoms with Gasteiger partial charge in [0.2, 0.25) is 0 Å². The van der Waals surface area contributed by atoms with Gasteiger partial charge in [-0.05, 0) is 31.2 Å². The number of hydrogen-bond donors (Lipinski definition) is 1. The first-order chi connectivity index (χ1) is 9.61. The Bertz CT molecular complexity index is 478. The van der Waals surface area contributed by atoms with E-state index in [0.29, 0.717) is 17.3 Å². The molecule has 1 atom stereocenters. The fourth-order valence-corrected chi connectivity index (χ4v) is 2.53. The minimum Gasteiger partial charge on any atom is -0.369 e. The monoisotopic (exact) mass is 279 g/mol. The molecule has 0 spiro atoms. The summed E-state index contributed by atoms with van der Waals surface area (Å²) < 4.78 is 13.4. The topological polar surface area (TPSA) is 45.2 Å². The van der Waals surface area contributed by atoms with Gasteiger partial charge in [-0.1, -0.05) is 13.8 Å². The van der Waals surface area contributed by atoms with Crippen molar-refractivity contribution in [2.24, 2.45) is 5.92 Å². The summed E-state index contributed by atoms with van der Waals surface area (Å²) in [6.45, 7) is 6.37. The Kier molecular flexibility index (Phi) is 4.93. The second-order valence-electron chi connectivity index (χ2n) is 5.48. The first kappa shape index (κ1) is 14.8. The molecule has 20 heavy (non-hydrogen) atoms. The van der Waals surface area contributed by atoms with Gasteiger partial charge in [0.15, 0.2) is 0 Å². The molecule has 5 heteroatoms. The van der Waals surface area contributed by atoms with Crippen molar-refractivity contribution in [3.8, 4) is 0 Å². The zero-order chi connectivity index (χ0) is 14.5. The Hall–Kier alpha value is -1.65. The van der Waals surface area contributed by atoms with Crippen LogP contribution in [0, 0.1) is 11.7 Å². The van der Waals surface area contributed by atoms with Gasteiger partial charge in [0.1, 0.15) is 11.6 Å². The molecule has 1 N–H and O–H groups in total. The fourth-order valence-electron chi connectivity index (χ4n) is 2.53. The molecule has 1 unspecified atom stereocenters. The number of nitrogens with zero attached hydrogens (tertiary/aromatic N) is 2. The molecular weight excluding hydrogens is 257 g/mol. The molecule has 1 aliphatic rings. The fraction of sp³-hybridized carbons (Fsp3) is 0.600. The van der Waals surface area contributed by atoms with E-state index in [4.69, 9.17) is 0 Å². The Labute approximate surface area is 119 Å². The van der Waals surface area contributed by atoms with Crippen LogP contribution in [0.15, 0.2) is 12.3 Å². The van der Waals surface area contributed by atoms with Gasteiger partial charge in [-0.25, -0.2) is 9.37 Å². The van der Waals surface area contributed by atoms with E-state index < -0.39 is 5.82 Å². The lowest BCUT2D eigenvalue weighted by Gasteiger charge is -2.31. The summed E-state index contributed by atoms with van der Waals surface area (Å²) in [6, 6.07) is 1.28. The van der Waals surface area contributed by atoms with Gasteiger partial charge in [0.05, 0.1) is 11.8 Å². The summed E-state index contributed by atoms with van der Waals surface area (Å²) in [7, 11) is 0. The van der Waals surface area contributed by atoms with Gasteiger partial charge in [0.25, 0.3) is 5.91 Å². The summed E-state index contributed by atoms with van der Waals surface area (Å²) in [5, 5.41) is 3.10. The highest BCUT2D eigenvalue weighted by Crippen LogP contribution is 2.21. The van der Waals surface area contributed by atoms with E-state index in [1.165, 1.54) is 6.07 Å². The van der Waals surface area contributed by atoms with Crippen LogP contribution in [0.1, 0.15) is 43.5 Å². The Balaban J connectivity index is 2.20. The van der Waals surface area contributed by atoms with Crippen LogP contribution in [0.4, 0.5) is 10.2 Å². The largest absolute Gasteiger partial charge is 0.369 e. The third-order valence-electron chi connectivity index (χ3n) is 3.57. The SMILES string of the molecule is CCCNc1ncc(F)cc1C(=O)N1CCCC(C)C1. The molecule has 0 bridgehead atoms. The highest BCUT2D eigenvalue weighted by atomic mass is 19.1. The maximum Gasteiger partial charge on any atom is 0.257 e. The minimum absolute atomic E-state index is 0.123. The smallest absolute Gasteiger partial charge is 0.257 e. The number of amides is 1. The van der Waals surface area contributed by atoms with Crippen molar-refractivity contribution in [3.63, 3.8) is 0 Å². The average molecular weight is 279 g/mol. The van der Waals surface area contributed by atoms with Crippen molar-refractivity contribution >= 4 is 11.7 Å². The van der Waals surface area contributed by atoms with Crippen molar-refractivity contribution in [1.29, 1.82) is 0 Å². The quantitative estimate of drug-likeness (QED) is 0.921. The number of halogens is 1. The molecule has 110 valence electrons. The van der Waals surface area contributed by atoms with E-state index >= 15 is 0 Å². The van der Waals surface area contributed by atoms with Gasteiger partial charge in [-0.15, -0.1) is 0 Å². The van der Waals surface area contributed by atoms with E-state index in [-0.39, 0.29) is 5.91 Å². The predicted octanol–water partition coefficient (Wildman–Crippen LogP) is 2.91. The summed E-state index contributed by atoms with van der Waals surface area (Å²) in [6.07, 6.45) is 4.22. The van der Waals surface area contributed by atoms with Gasteiger partial charge >= 0.3 is 0 Å². The number of piperidine rings is 1. The molecule has 1 fully saturated rings. The average Bonchev–Trinajstić information content (AvgIpc) is 2.45. The molecule has 0 saturated carbocycles. The lowest BCUT2D eigenvalue weighted by molar-refractivity contribution is 0.0683. The van der Waals surface area contributed by atoms with Crippen LogP contribution in [-0.4, -0.2) is 35.4 Å². The number of pyridine rings is 1. The third kappa shape index (κ3) is 3.46. The summed E-state index contributed by atoms with van der Waals surface area (Å²) >= 11 is 0. The van der Waals surface area contributed by atoms with Crippen LogP contribution in [-0.2, 0) is 0 Å². The molecule has 0 aromatic carbocycles. The second kappa shape index (κ2) is 6.68. The van der Waals surface area contributed by atoms with Crippen molar-refractivity contribution in [3.05, 3.63) is 23.6 Å². The molecule has 1 amide bonds. The van der Waals surface area contributed by atoms with Crippen LogP contribution in [0.25, 0.3) is 0 Å². The molecule has 2 rings (SSSR count). The highest BCUT2D eigenvalue weighted by Gasteiger charge is 2.24. The molecule has 0 aliphatic carbocycles. The molecule has 2 heterocycles. The Morgan fingerprint density at radius 3 is 3.10 bits per heavy atom. The summed E-state index contributed by atoms with van der Waals surface area (Å²) in [5.41, 5.74) is 0.340. The van der Waals surface area contributed by atoms with Crippen LogP contribution < -0.4 is 5.32 Å². The summed E-state index contributed by atoms with van der Waals surface area (Å²) in [5.74, 6) is 0.389. The van der Waals surface area contributed by atoms with Crippen LogP contribution >= 0.6 is 0 Å². The van der Waals surface area contributed by atoms with Crippen LogP contribution in [0.3, 0.4) is 0 Å². The van der Waals surface area contributed by atoms with Crippen molar-refractivity contribution < 1.29 is 9.18 Å². The number of likely N-dealkylation sites (tertiary alicyclic amines) is 1. The molecule has 1 saturated heterocycles. The van der Waals surface area contributed by atoms with Crippen molar-refractivity contribution in [2.75, 3.05) is 25.0 Å². The molecule has 1 aliphatic heterocycles. The van der Waals surface area contributed by atoms with Crippen LogP contribution in [0.5, 0.6) is 0 Å². The number of carbonyl (C=O) groups is 1. The van der Waals surface area contributed by atoms with E-state index in [9.17, 15) is 9.18 Å². The lowest BCUT2D eigenvalue weighted by atomic mass is 9.99. The summed E-state index contributed by atoms with van der Waals surface area (Å²) in [4.78, 5) is 18.4. The van der Waals surface area contributed by atoms with Gasteiger partial charge < -0.3 is 10.2 Å². The highest BCUT2D eigenvalue weighted by molar-refractivity contribution is 5.98. The van der Waals surface area contributed by atoms with E-state index in [1.807, 2.05) is 11.8 Å². The van der Waals surface area contributed by atoms with Crippen molar-refractivity contribution in [1.82, 2.24) is 9.88 Å². The first-order valence-electron chi connectivity index (χ1n) is 7.30. The minimum atomic E-state index is -0.472. The Morgan fingerprint density at radius 2 is 2.40 bits per heavy atom. The number of rotatable bonds is 4. The van der Waals surface area contributed by atoms with E-state index in [1.54, 1.807) is 0 Å². The zero-order valence-corrected chi connectivity index (χ0v) is 12.2. The maximum atomic E-state index is 13.4. The standard InChI is InChI=1S/C15H22FN3O/c1-3-6-17-14-13(8-12(16)9-18-14)15(20)19-7-4-5-11(2)10-19/h8-9,11H,3-7,10H2,1-2H3,(H,17,18). The zero-order valence-electron chi connectivity index (χ0n) is 12.2. The number of anilines is 1. The number of aromatic nitrogens is 1. The first-order valence-corrected chi connectivity index (χ1v) is 7.30. The molecular formula is C15H22FN3O. The van der Waals surface area contributed by atoms with Crippen LogP contribution in [0.2, 0.25) is 0 Å². The number of hydrogen-bond acceptors (Lipinski definition) is 3. The molecule has 0 radical (unpaired) electrons. The lowest BCUT2D eigenvalue weighted by Crippen LogP contribution is -2.39. The molecule has 1 aromatic heterocycles. The van der Waals surface area contributed by atoms with Gasteiger partial charge in [0, 0.05) is 19.6 Å². The maximum absolute atomic E-state index is 13.4. The Morgan fingerprint density at radius 1 is 1.60 bits per heavy atom. The van der Waals surface area contributed by atoms with Gasteiger partial charge in [-0.2, -0.15) is 0 Å². The third-order valence-corrected chi connectivity index (χ3v) is 3.57. The normalized spacial score (nSPS) is 18.9. The van der Waals surface area contributed by atoms with E-state index in [0.717, 1.165) is 45.1 Å². The molecule has 1 aromatic rings. The predicted molar refractivity (Wildman–Crippen MR) is 77.3 cm³/mol. The number of carbonyl (C=O) groups excluding carboxylic acids is 1. The van der Waals surface area contributed by atoms with Crippen molar-refractivity contribution in [2.45, 2.75) is 33.1 Å². The second-order valence-corrected chi connectivity index (χ2v) is 5.48.